The Hall–Kier alpha value is -1.96. The number of ether oxygens (including phenoxy) is 1. The number of aromatic nitrogens is 2. The molecule has 1 aromatic heterocycles. The highest BCUT2D eigenvalue weighted by molar-refractivity contribution is 7.15. The lowest BCUT2D eigenvalue weighted by atomic mass is 10.2. The van der Waals surface area contributed by atoms with Crippen molar-refractivity contribution in [1.29, 1.82) is 0 Å². The number of hydrogen-bond donors (Lipinski definition) is 0. The fourth-order valence-corrected chi connectivity index (χ4v) is 1.76. The first kappa shape index (κ1) is 13.5. The van der Waals surface area contributed by atoms with Crippen LogP contribution in [0.25, 0.3) is 0 Å². The zero-order valence-corrected chi connectivity index (χ0v) is 10.5. The normalized spacial score (nSPS) is 12.0. The predicted octanol–water partition coefficient (Wildman–Crippen LogP) is 3.32. The molecular formula is C11H8F3N3OS. The van der Waals surface area contributed by atoms with Gasteiger partial charge >= 0.3 is 6.18 Å². The van der Waals surface area contributed by atoms with E-state index in [1.165, 1.54) is 6.21 Å². The molecule has 0 unspecified atom stereocenters. The summed E-state index contributed by atoms with van der Waals surface area (Å²) in [5.74, 6) is 0.687. The van der Waals surface area contributed by atoms with E-state index in [-0.39, 0.29) is 5.13 Å². The molecule has 1 aromatic carbocycles. The summed E-state index contributed by atoms with van der Waals surface area (Å²) in [7, 11) is 1.54. The Morgan fingerprint density at radius 3 is 2.42 bits per heavy atom. The van der Waals surface area contributed by atoms with E-state index in [0.29, 0.717) is 17.1 Å². The lowest BCUT2D eigenvalue weighted by molar-refractivity contribution is -0.138. The smallest absolute Gasteiger partial charge is 0.445 e. The Morgan fingerprint density at radius 2 is 1.89 bits per heavy atom. The number of halogens is 3. The number of hydrogen-bond acceptors (Lipinski definition) is 5. The highest BCUT2D eigenvalue weighted by Crippen LogP contribution is 2.33. The van der Waals surface area contributed by atoms with Gasteiger partial charge in [0, 0.05) is 6.21 Å². The number of nitrogens with zero attached hydrogens (tertiary/aromatic N) is 3. The van der Waals surface area contributed by atoms with Crippen LogP contribution in [0.1, 0.15) is 10.6 Å². The highest BCUT2D eigenvalue weighted by Gasteiger charge is 2.35. The molecule has 0 aliphatic carbocycles. The summed E-state index contributed by atoms with van der Waals surface area (Å²) in [5, 5.41) is 5.35. The van der Waals surface area contributed by atoms with Gasteiger partial charge in [-0.15, -0.1) is 10.2 Å². The van der Waals surface area contributed by atoms with E-state index in [0.717, 1.165) is 5.56 Å². The quantitative estimate of drug-likeness (QED) is 0.814. The minimum Gasteiger partial charge on any atom is -0.497 e. The van der Waals surface area contributed by atoms with Gasteiger partial charge in [-0.1, -0.05) is 11.3 Å². The van der Waals surface area contributed by atoms with Crippen LogP contribution in [0.4, 0.5) is 18.3 Å². The summed E-state index contributed by atoms with van der Waals surface area (Å²) in [4.78, 5) is 3.85. The molecule has 0 spiro atoms. The van der Waals surface area contributed by atoms with Crippen LogP contribution in [0.15, 0.2) is 29.3 Å². The molecule has 0 N–H and O–H groups in total. The van der Waals surface area contributed by atoms with Gasteiger partial charge in [-0.3, -0.25) is 0 Å². The largest absolute Gasteiger partial charge is 0.497 e. The highest BCUT2D eigenvalue weighted by atomic mass is 32.1. The van der Waals surface area contributed by atoms with Crippen molar-refractivity contribution in [2.24, 2.45) is 4.99 Å². The predicted molar refractivity (Wildman–Crippen MR) is 65.2 cm³/mol. The van der Waals surface area contributed by atoms with Gasteiger partial charge in [0.25, 0.3) is 0 Å². The van der Waals surface area contributed by atoms with Gasteiger partial charge in [-0.25, -0.2) is 4.99 Å². The first-order chi connectivity index (χ1) is 8.99. The van der Waals surface area contributed by atoms with Crippen molar-refractivity contribution in [3.63, 3.8) is 0 Å². The fourth-order valence-electron chi connectivity index (χ4n) is 1.20. The summed E-state index contributed by atoms with van der Waals surface area (Å²) in [6.45, 7) is 0. The van der Waals surface area contributed by atoms with E-state index < -0.39 is 11.2 Å². The molecule has 0 radical (unpaired) electrons. The topological polar surface area (TPSA) is 47.4 Å². The molecular weight excluding hydrogens is 279 g/mol. The maximum Gasteiger partial charge on any atom is 0.445 e. The molecule has 0 bridgehead atoms. The first-order valence-corrected chi connectivity index (χ1v) is 5.89. The molecule has 0 fully saturated rings. The van der Waals surface area contributed by atoms with E-state index in [1.54, 1.807) is 31.4 Å². The summed E-state index contributed by atoms with van der Waals surface area (Å²) < 4.78 is 41.9. The molecule has 19 heavy (non-hydrogen) atoms. The van der Waals surface area contributed by atoms with Gasteiger partial charge < -0.3 is 4.74 Å². The fraction of sp³-hybridized carbons (Fsp3) is 0.182. The van der Waals surface area contributed by atoms with Crippen LogP contribution in [-0.2, 0) is 6.18 Å². The van der Waals surface area contributed by atoms with Gasteiger partial charge in [0.15, 0.2) is 0 Å². The van der Waals surface area contributed by atoms with Crippen molar-refractivity contribution in [2.75, 3.05) is 7.11 Å². The van der Waals surface area contributed by atoms with Crippen molar-refractivity contribution < 1.29 is 17.9 Å². The lowest BCUT2D eigenvalue weighted by Gasteiger charge is -1.98. The second kappa shape index (κ2) is 5.35. The Kier molecular flexibility index (Phi) is 3.79. The summed E-state index contributed by atoms with van der Waals surface area (Å²) in [6, 6.07) is 6.91. The third-order valence-corrected chi connectivity index (χ3v) is 2.97. The van der Waals surface area contributed by atoms with Crippen molar-refractivity contribution in [1.82, 2.24) is 10.2 Å². The maximum absolute atomic E-state index is 12.3. The van der Waals surface area contributed by atoms with Crippen LogP contribution in [-0.4, -0.2) is 23.5 Å². The van der Waals surface area contributed by atoms with Gasteiger partial charge in [-0.2, -0.15) is 13.2 Å². The molecule has 0 amide bonds. The Labute approximate surface area is 110 Å². The summed E-state index contributed by atoms with van der Waals surface area (Å²) >= 11 is 0.397. The number of benzene rings is 1. The van der Waals surface area contributed by atoms with Crippen molar-refractivity contribution >= 4 is 22.7 Å². The molecule has 2 rings (SSSR count). The zero-order chi connectivity index (χ0) is 13.9. The van der Waals surface area contributed by atoms with E-state index in [1.807, 2.05) is 0 Å². The van der Waals surface area contributed by atoms with Gasteiger partial charge in [0.05, 0.1) is 7.11 Å². The van der Waals surface area contributed by atoms with Crippen molar-refractivity contribution in [2.45, 2.75) is 6.18 Å². The van der Waals surface area contributed by atoms with E-state index in [9.17, 15) is 13.2 Å². The number of alkyl halides is 3. The molecule has 0 saturated heterocycles. The van der Waals surface area contributed by atoms with Crippen LogP contribution >= 0.6 is 11.3 Å². The summed E-state index contributed by atoms with van der Waals surface area (Å²) in [6.07, 6.45) is -3.06. The average Bonchev–Trinajstić information content (AvgIpc) is 2.86. The molecule has 8 heteroatoms. The third-order valence-electron chi connectivity index (χ3n) is 2.10. The second-order valence-electron chi connectivity index (χ2n) is 3.42. The molecule has 1 heterocycles. The molecule has 2 aromatic rings. The number of rotatable bonds is 3. The molecule has 4 nitrogen and oxygen atoms in total. The van der Waals surface area contributed by atoms with Crippen LogP contribution in [0, 0.1) is 0 Å². The van der Waals surface area contributed by atoms with Crippen LogP contribution in [0.3, 0.4) is 0 Å². The standard InChI is InChI=1S/C11H8F3N3OS/c1-18-8-4-2-7(3-5-8)6-15-10-17-16-9(19-10)11(12,13)14/h2-6H,1H3/b15-6+. The van der Waals surface area contributed by atoms with Crippen LogP contribution in [0.5, 0.6) is 5.75 Å². The molecule has 0 saturated carbocycles. The second-order valence-corrected chi connectivity index (χ2v) is 4.37. The lowest BCUT2D eigenvalue weighted by Crippen LogP contribution is -2.03. The van der Waals surface area contributed by atoms with E-state index in [4.69, 9.17) is 4.74 Å². The number of aliphatic imine (C=N–C) groups is 1. The third kappa shape index (κ3) is 3.50. The van der Waals surface area contributed by atoms with Gasteiger partial charge in [-0.05, 0) is 29.8 Å². The van der Waals surface area contributed by atoms with Crippen LogP contribution in [0.2, 0.25) is 0 Å². The Bertz CT molecular complexity index is 578. The minimum absolute atomic E-state index is 0.0388. The van der Waals surface area contributed by atoms with Crippen molar-refractivity contribution in [3.05, 3.63) is 34.8 Å². The first-order valence-electron chi connectivity index (χ1n) is 5.08. The summed E-state index contributed by atoms with van der Waals surface area (Å²) in [5.41, 5.74) is 0.726. The van der Waals surface area contributed by atoms with Crippen LogP contribution < -0.4 is 4.74 Å². The number of methoxy groups -OCH3 is 1. The average molecular weight is 287 g/mol. The molecule has 0 atom stereocenters. The van der Waals surface area contributed by atoms with E-state index >= 15 is 0 Å². The minimum atomic E-state index is -4.48. The maximum atomic E-state index is 12.3. The van der Waals surface area contributed by atoms with Crippen molar-refractivity contribution in [3.8, 4) is 5.75 Å². The monoisotopic (exact) mass is 287 g/mol. The SMILES string of the molecule is COc1ccc(/C=N/c2nnc(C(F)(F)F)s2)cc1. The van der Waals surface area contributed by atoms with Gasteiger partial charge in [0.2, 0.25) is 10.1 Å². The zero-order valence-electron chi connectivity index (χ0n) is 9.68. The Balaban J connectivity index is 2.11. The molecule has 100 valence electrons. The molecule has 0 aliphatic heterocycles. The Morgan fingerprint density at radius 1 is 1.21 bits per heavy atom. The van der Waals surface area contributed by atoms with Gasteiger partial charge in [0.1, 0.15) is 5.75 Å². The molecule has 0 aliphatic rings. The van der Waals surface area contributed by atoms with E-state index in [2.05, 4.69) is 15.2 Å².